The summed E-state index contributed by atoms with van der Waals surface area (Å²) in [5, 5.41) is 11.2. The second-order valence-corrected chi connectivity index (χ2v) is 5.92. The molecule has 0 aromatic carbocycles. The number of aliphatic hydroxyl groups is 1. The van der Waals surface area contributed by atoms with Crippen molar-refractivity contribution < 1.29 is 9.84 Å². The molecule has 3 unspecified atom stereocenters. The molecule has 100 valence electrons. The summed E-state index contributed by atoms with van der Waals surface area (Å²) in [4.78, 5) is 0. The predicted molar refractivity (Wildman–Crippen MR) is 68.7 cm³/mol. The Balaban J connectivity index is 2.25. The SMILES string of the molecule is CCC1CCCCC1(O)C1(CN)CCCOC1. The van der Waals surface area contributed by atoms with Crippen molar-refractivity contribution in [1.82, 2.24) is 0 Å². The molecule has 2 aliphatic rings. The number of rotatable bonds is 3. The molecule has 0 aromatic heterocycles. The van der Waals surface area contributed by atoms with Crippen LogP contribution < -0.4 is 5.73 Å². The second-order valence-electron chi connectivity index (χ2n) is 5.92. The van der Waals surface area contributed by atoms with E-state index in [1.54, 1.807) is 0 Å². The third-order valence-electron chi connectivity index (χ3n) is 5.16. The summed E-state index contributed by atoms with van der Waals surface area (Å²) in [6, 6.07) is 0. The highest BCUT2D eigenvalue weighted by molar-refractivity contribution is 5.05. The van der Waals surface area contributed by atoms with E-state index in [0.717, 1.165) is 45.1 Å². The minimum absolute atomic E-state index is 0.188. The van der Waals surface area contributed by atoms with Gasteiger partial charge in [-0.2, -0.15) is 0 Å². The van der Waals surface area contributed by atoms with Crippen molar-refractivity contribution in [2.24, 2.45) is 17.1 Å². The van der Waals surface area contributed by atoms with Gasteiger partial charge < -0.3 is 15.6 Å². The highest BCUT2D eigenvalue weighted by Gasteiger charge is 2.54. The molecule has 2 rings (SSSR count). The van der Waals surface area contributed by atoms with E-state index in [9.17, 15) is 5.11 Å². The summed E-state index contributed by atoms with van der Waals surface area (Å²) in [6.45, 7) is 4.22. The largest absolute Gasteiger partial charge is 0.389 e. The van der Waals surface area contributed by atoms with Crippen molar-refractivity contribution in [1.29, 1.82) is 0 Å². The number of nitrogens with two attached hydrogens (primary N) is 1. The van der Waals surface area contributed by atoms with Crippen LogP contribution in [-0.4, -0.2) is 30.5 Å². The van der Waals surface area contributed by atoms with Gasteiger partial charge in [-0.3, -0.25) is 0 Å². The Morgan fingerprint density at radius 3 is 2.71 bits per heavy atom. The van der Waals surface area contributed by atoms with Crippen LogP contribution in [0.3, 0.4) is 0 Å². The van der Waals surface area contributed by atoms with Gasteiger partial charge in [-0.15, -0.1) is 0 Å². The normalized spacial score (nSPS) is 43.6. The Kier molecular flexibility index (Phi) is 4.11. The van der Waals surface area contributed by atoms with Crippen LogP contribution in [0.1, 0.15) is 51.9 Å². The smallest absolute Gasteiger partial charge is 0.0765 e. The topological polar surface area (TPSA) is 55.5 Å². The fourth-order valence-electron chi connectivity index (χ4n) is 4.00. The van der Waals surface area contributed by atoms with Crippen LogP contribution in [0, 0.1) is 11.3 Å². The minimum Gasteiger partial charge on any atom is -0.389 e. The summed E-state index contributed by atoms with van der Waals surface area (Å²) >= 11 is 0. The Morgan fingerprint density at radius 1 is 1.29 bits per heavy atom. The quantitative estimate of drug-likeness (QED) is 0.795. The average Bonchev–Trinajstić information content (AvgIpc) is 2.40. The van der Waals surface area contributed by atoms with Crippen LogP contribution in [0.25, 0.3) is 0 Å². The first-order valence-electron chi connectivity index (χ1n) is 7.19. The third kappa shape index (κ3) is 2.13. The maximum Gasteiger partial charge on any atom is 0.0765 e. The fraction of sp³-hybridized carbons (Fsp3) is 1.00. The van der Waals surface area contributed by atoms with Crippen LogP contribution in [-0.2, 0) is 4.74 Å². The molecule has 2 fully saturated rings. The van der Waals surface area contributed by atoms with E-state index in [4.69, 9.17) is 10.5 Å². The van der Waals surface area contributed by atoms with Crippen molar-refractivity contribution in [3.8, 4) is 0 Å². The van der Waals surface area contributed by atoms with Crippen molar-refractivity contribution in [3.63, 3.8) is 0 Å². The van der Waals surface area contributed by atoms with Gasteiger partial charge in [0.05, 0.1) is 12.2 Å². The lowest BCUT2D eigenvalue weighted by Gasteiger charge is -2.54. The monoisotopic (exact) mass is 241 g/mol. The first-order chi connectivity index (χ1) is 8.18. The summed E-state index contributed by atoms with van der Waals surface area (Å²) in [6.07, 6.45) is 7.56. The zero-order valence-electron chi connectivity index (χ0n) is 11.1. The Hall–Kier alpha value is -0.120. The second kappa shape index (κ2) is 5.25. The molecular weight excluding hydrogens is 214 g/mol. The van der Waals surface area contributed by atoms with Gasteiger partial charge in [0.25, 0.3) is 0 Å². The molecule has 3 N–H and O–H groups in total. The molecule has 1 heterocycles. The van der Waals surface area contributed by atoms with Gasteiger partial charge >= 0.3 is 0 Å². The molecule has 17 heavy (non-hydrogen) atoms. The van der Waals surface area contributed by atoms with Gasteiger partial charge in [0.2, 0.25) is 0 Å². The van der Waals surface area contributed by atoms with Crippen LogP contribution in [0.4, 0.5) is 0 Å². The third-order valence-corrected chi connectivity index (χ3v) is 5.16. The Morgan fingerprint density at radius 2 is 2.12 bits per heavy atom. The van der Waals surface area contributed by atoms with E-state index < -0.39 is 5.60 Å². The first-order valence-corrected chi connectivity index (χ1v) is 7.19. The van der Waals surface area contributed by atoms with Gasteiger partial charge in [0.15, 0.2) is 0 Å². The molecule has 0 bridgehead atoms. The zero-order valence-corrected chi connectivity index (χ0v) is 11.1. The lowest BCUT2D eigenvalue weighted by atomic mass is 9.57. The van der Waals surface area contributed by atoms with E-state index in [2.05, 4.69) is 6.92 Å². The summed E-state index contributed by atoms with van der Waals surface area (Å²) < 4.78 is 5.65. The molecule has 3 nitrogen and oxygen atoms in total. The van der Waals surface area contributed by atoms with E-state index in [1.165, 1.54) is 6.42 Å². The van der Waals surface area contributed by atoms with E-state index in [1.807, 2.05) is 0 Å². The summed E-state index contributed by atoms with van der Waals surface area (Å²) in [5.41, 5.74) is 5.25. The Labute approximate surface area is 105 Å². The van der Waals surface area contributed by atoms with Crippen LogP contribution >= 0.6 is 0 Å². The maximum atomic E-state index is 11.2. The van der Waals surface area contributed by atoms with Crippen LogP contribution in [0.15, 0.2) is 0 Å². The lowest BCUT2D eigenvalue weighted by Crippen LogP contribution is -2.61. The molecule has 0 spiro atoms. The molecule has 0 aromatic rings. The van der Waals surface area contributed by atoms with E-state index in [0.29, 0.717) is 19.1 Å². The number of hydrogen-bond donors (Lipinski definition) is 2. The lowest BCUT2D eigenvalue weighted by molar-refractivity contribution is -0.187. The molecule has 1 saturated carbocycles. The summed E-state index contributed by atoms with van der Waals surface area (Å²) in [7, 11) is 0. The molecule has 3 atom stereocenters. The zero-order chi connectivity index (χ0) is 12.4. The van der Waals surface area contributed by atoms with Crippen LogP contribution in [0.2, 0.25) is 0 Å². The predicted octanol–water partition coefficient (Wildman–Crippen LogP) is 2.07. The maximum absolute atomic E-state index is 11.2. The van der Waals surface area contributed by atoms with E-state index >= 15 is 0 Å². The molecule has 0 radical (unpaired) electrons. The summed E-state index contributed by atoms with van der Waals surface area (Å²) in [5.74, 6) is 0.404. The van der Waals surface area contributed by atoms with Crippen molar-refractivity contribution in [2.45, 2.75) is 57.5 Å². The molecule has 3 heteroatoms. The standard InChI is InChI=1S/C14H27NO2/c1-2-12-6-3-4-8-14(12,16)13(10-15)7-5-9-17-11-13/h12,16H,2-11,15H2,1H3. The average molecular weight is 241 g/mol. The van der Waals surface area contributed by atoms with Gasteiger partial charge in [-0.05, 0) is 31.6 Å². The van der Waals surface area contributed by atoms with Crippen molar-refractivity contribution >= 4 is 0 Å². The van der Waals surface area contributed by atoms with Crippen molar-refractivity contribution in [2.75, 3.05) is 19.8 Å². The molecule has 0 amide bonds. The van der Waals surface area contributed by atoms with Gasteiger partial charge in [0, 0.05) is 18.6 Å². The van der Waals surface area contributed by atoms with Gasteiger partial charge in [0.1, 0.15) is 0 Å². The molecule has 1 aliphatic carbocycles. The molecule has 1 aliphatic heterocycles. The molecule has 1 saturated heterocycles. The highest BCUT2D eigenvalue weighted by Crippen LogP contribution is 2.50. The Bertz CT molecular complexity index is 251. The molecular formula is C14H27NO2. The van der Waals surface area contributed by atoms with Gasteiger partial charge in [-0.1, -0.05) is 26.2 Å². The fourth-order valence-corrected chi connectivity index (χ4v) is 4.00. The van der Waals surface area contributed by atoms with Crippen LogP contribution in [0.5, 0.6) is 0 Å². The highest BCUT2D eigenvalue weighted by atomic mass is 16.5. The van der Waals surface area contributed by atoms with Gasteiger partial charge in [-0.25, -0.2) is 0 Å². The van der Waals surface area contributed by atoms with E-state index in [-0.39, 0.29) is 5.41 Å². The first kappa shape index (κ1) is 13.3. The number of hydrogen-bond acceptors (Lipinski definition) is 3. The number of ether oxygens (including phenoxy) is 1. The minimum atomic E-state index is -0.588. The van der Waals surface area contributed by atoms with Crippen molar-refractivity contribution in [3.05, 3.63) is 0 Å².